The fourth-order valence-electron chi connectivity index (χ4n) is 2.43. The van der Waals surface area contributed by atoms with Crippen molar-refractivity contribution in [3.8, 4) is 0 Å². The zero-order valence-electron chi connectivity index (χ0n) is 15.7. The highest BCUT2D eigenvalue weighted by atomic mass is 127. The lowest BCUT2D eigenvalue weighted by Gasteiger charge is -2.11. The van der Waals surface area contributed by atoms with E-state index in [1.54, 1.807) is 11.3 Å². The van der Waals surface area contributed by atoms with E-state index in [2.05, 4.69) is 57.2 Å². The van der Waals surface area contributed by atoms with E-state index in [1.165, 1.54) is 10.6 Å². The molecule has 0 amide bonds. The summed E-state index contributed by atoms with van der Waals surface area (Å²) in [5, 5.41) is 12.2. The number of hydrogen-bond donors (Lipinski definition) is 2. The molecule has 2 aromatic rings. The van der Waals surface area contributed by atoms with Crippen LogP contribution in [0.1, 0.15) is 40.3 Å². The summed E-state index contributed by atoms with van der Waals surface area (Å²) in [6, 6.07) is 2.11. The first-order chi connectivity index (χ1) is 11.5. The van der Waals surface area contributed by atoms with Gasteiger partial charge in [-0.3, -0.25) is 4.68 Å². The van der Waals surface area contributed by atoms with Crippen LogP contribution in [-0.4, -0.2) is 33.8 Å². The van der Waals surface area contributed by atoms with Gasteiger partial charge in [0.25, 0.3) is 0 Å². The summed E-state index contributed by atoms with van der Waals surface area (Å²) >= 11 is 1.72. The predicted octanol–water partition coefficient (Wildman–Crippen LogP) is 3.34. The first-order valence-electron chi connectivity index (χ1n) is 8.45. The van der Waals surface area contributed by atoms with Crippen LogP contribution in [0.25, 0.3) is 0 Å². The van der Waals surface area contributed by atoms with Crippen LogP contribution < -0.4 is 10.6 Å². The lowest BCUT2D eigenvalue weighted by Crippen LogP contribution is -2.38. The van der Waals surface area contributed by atoms with Gasteiger partial charge in [0.15, 0.2) is 5.96 Å². The van der Waals surface area contributed by atoms with Crippen LogP contribution in [0.4, 0.5) is 0 Å². The first kappa shape index (κ1) is 21.9. The number of thiazole rings is 1. The Morgan fingerprint density at radius 3 is 2.56 bits per heavy atom. The molecule has 0 unspecified atom stereocenters. The van der Waals surface area contributed by atoms with Gasteiger partial charge in [0.05, 0.1) is 17.9 Å². The molecule has 6 nitrogen and oxygen atoms in total. The fraction of sp³-hybridized carbons (Fsp3) is 0.588. The van der Waals surface area contributed by atoms with Crippen molar-refractivity contribution in [1.29, 1.82) is 0 Å². The number of hydrogen-bond acceptors (Lipinski definition) is 4. The third-order valence-electron chi connectivity index (χ3n) is 3.73. The molecule has 0 radical (unpaired) electrons. The third kappa shape index (κ3) is 6.93. The number of aliphatic imine (C=N–C) groups is 1. The van der Waals surface area contributed by atoms with E-state index < -0.39 is 0 Å². The normalized spacial score (nSPS) is 11.3. The van der Waals surface area contributed by atoms with Crippen molar-refractivity contribution in [1.82, 2.24) is 25.4 Å². The van der Waals surface area contributed by atoms with Gasteiger partial charge in [0.2, 0.25) is 0 Å². The quantitative estimate of drug-likeness (QED) is 0.279. The lowest BCUT2D eigenvalue weighted by molar-refractivity contribution is 0.555. The zero-order chi connectivity index (χ0) is 17.5. The van der Waals surface area contributed by atoms with Crippen LogP contribution in [-0.2, 0) is 13.1 Å². The van der Waals surface area contributed by atoms with Crippen molar-refractivity contribution in [2.75, 3.05) is 13.1 Å². The summed E-state index contributed by atoms with van der Waals surface area (Å²) in [5.41, 5.74) is 3.39. The highest BCUT2D eigenvalue weighted by molar-refractivity contribution is 14.0. The maximum atomic E-state index is 4.62. The molecule has 140 valence electrons. The van der Waals surface area contributed by atoms with Crippen molar-refractivity contribution in [3.63, 3.8) is 0 Å². The minimum absolute atomic E-state index is 0. The van der Waals surface area contributed by atoms with E-state index >= 15 is 0 Å². The molecule has 8 heteroatoms. The van der Waals surface area contributed by atoms with Crippen LogP contribution in [0.5, 0.6) is 0 Å². The van der Waals surface area contributed by atoms with Gasteiger partial charge in [-0.2, -0.15) is 5.10 Å². The highest BCUT2D eigenvalue weighted by Gasteiger charge is 2.04. The monoisotopic (exact) mass is 476 g/mol. The Kier molecular flexibility index (Phi) is 9.41. The van der Waals surface area contributed by atoms with Gasteiger partial charge in [-0.15, -0.1) is 35.3 Å². The van der Waals surface area contributed by atoms with E-state index in [1.807, 2.05) is 13.8 Å². The number of guanidine groups is 1. The van der Waals surface area contributed by atoms with E-state index in [4.69, 9.17) is 0 Å². The van der Waals surface area contributed by atoms with Crippen LogP contribution in [0.3, 0.4) is 0 Å². The van der Waals surface area contributed by atoms with Gasteiger partial charge in [-0.05, 0) is 47.1 Å². The molecular formula is C17H29IN6S. The standard InChI is InChI=1S/C17H28N6S.HI/c1-6-18-17(20-11-16-21-14(4)15(5)24-16)19-8-7-9-23-13(3)10-12(2)22-23;/h10H,6-9,11H2,1-5H3,(H2,18,19,20);1H. The highest BCUT2D eigenvalue weighted by Crippen LogP contribution is 2.16. The van der Waals surface area contributed by atoms with Gasteiger partial charge in [0, 0.05) is 30.2 Å². The summed E-state index contributed by atoms with van der Waals surface area (Å²) in [4.78, 5) is 10.4. The lowest BCUT2D eigenvalue weighted by atomic mass is 10.4. The molecule has 0 aliphatic rings. The van der Waals surface area contributed by atoms with Crippen molar-refractivity contribution < 1.29 is 0 Å². The van der Waals surface area contributed by atoms with Crippen LogP contribution >= 0.6 is 35.3 Å². The van der Waals surface area contributed by atoms with Crippen LogP contribution in [0.15, 0.2) is 11.1 Å². The SMILES string of the molecule is CCNC(=NCc1nc(C)c(C)s1)NCCCn1nc(C)cc1C.I. The largest absolute Gasteiger partial charge is 0.357 e. The van der Waals surface area contributed by atoms with Crippen molar-refractivity contribution in [2.24, 2.45) is 4.99 Å². The second-order valence-corrected chi connectivity index (χ2v) is 7.16. The Morgan fingerprint density at radius 2 is 2.00 bits per heavy atom. The molecule has 0 saturated heterocycles. The second-order valence-electron chi connectivity index (χ2n) is 5.87. The Bertz CT molecular complexity index is 672. The van der Waals surface area contributed by atoms with E-state index in [0.29, 0.717) is 6.54 Å². The molecular weight excluding hydrogens is 447 g/mol. The molecule has 0 bridgehead atoms. The second kappa shape index (κ2) is 10.7. The molecule has 0 fully saturated rings. The number of aryl methyl sites for hydroxylation is 5. The number of aromatic nitrogens is 3. The molecule has 0 aliphatic heterocycles. The Balaban J connectivity index is 0.00000312. The van der Waals surface area contributed by atoms with Crippen LogP contribution in [0, 0.1) is 27.7 Å². The van der Waals surface area contributed by atoms with Gasteiger partial charge >= 0.3 is 0 Å². The maximum Gasteiger partial charge on any atom is 0.191 e. The van der Waals surface area contributed by atoms with Gasteiger partial charge in [0.1, 0.15) is 5.01 Å². The minimum atomic E-state index is 0. The van der Waals surface area contributed by atoms with Gasteiger partial charge in [-0.1, -0.05) is 0 Å². The third-order valence-corrected chi connectivity index (χ3v) is 4.79. The number of nitrogens with one attached hydrogen (secondary N) is 2. The molecule has 2 rings (SSSR count). The molecule has 0 saturated carbocycles. The molecule has 0 aromatic carbocycles. The van der Waals surface area contributed by atoms with Crippen molar-refractivity contribution in [3.05, 3.63) is 33.0 Å². The maximum absolute atomic E-state index is 4.62. The molecule has 25 heavy (non-hydrogen) atoms. The number of rotatable bonds is 7. The average Bonchev–Trinajstić information content (AvgIpc) is 3.02. The van der Waals surface area contributed by atoms with Crippen molar-refractivity contribution >= 4 is 41.3 Å². The molecule has 2 aromatic heterocycles. The minimum Gasteiger partial charge on any atom is -0.357 e. The Hall–Kier alpha value is -1.16. The zero-order valence-corrected chi connectivity index (χ0v) is 18.9. The van der Waals surface area contributed by atoms with Gasteiger partial charge < -0.3 is 10.6 Å². The summed E-state index contributed by atoms with van der Waals surface area (Å²) in [6.45, 7) is 13.6. The predicted molar refractivity (Wildman–Crippen MR) is 116 cm³/mol. The van der Waals surface area contributed by atoms with Crippen LogP contribution in [0.2, 0.25) is 0 Å². The average molecular weight is 476 g/mol. The Labute approximate surface area is 171 Å². The summed E-state index contributed by atoms with van der Waals surface area (Å²) in [6.07, 6.45) is 1.00. The summed E-state index contributed by atoms with van der Waals surface area (Å²) in [5.74, 6) is 0.844. The van der Waals surface area contributed by atoms with Crippen molar-refractivity contribution in [2.45, 2.75) is 54.1 Å². The Morgan fingerprint density at radius 1 is 1.24 bits per heavy atom. The molecule has 2 heterocycles. The molecule has 0 spiro atoms. The van der Waals surface area contributed by atoms with E-state index in [-0.39, 0.29) is 24.0 Å². The first-order valence-corrected chi connectivity index (χ1v) is 9.27. The smallest absolute Gasteiger partial charge is 0.191 e. The molecule has 2 N–H and O–H groups in total. The fourth-order valence-corrected chi connectivity index (χ4v) is 3.29. The van der Waals surface area contributed by atoms with E-state index in [0.717, 1.165) is 48.4 Å². The summed E-state index contributed by atoms with van der Waals surface area (Å²) in [7, 11) is 0. The topological polar surface area (TPSA) is 67.1 Å². The summed E-state index contributed by atoms with van der Waals surface area (Å²) < 4.78 is 2.06. The molecule has 0 aliphatic carbocycles. The number of nitrogens with zero attached hydrogens (tertiary/aromatic N) is 4. The van der Waals surface area contributed by atoms with Gasteiger partial charge in [-0.25, -0.2) is 9.98 Å². The number of halogens is 1. The van der Waals surface area contributed by atoms with E-state index in [9.17, 15) is 0 Å². The molecule has 0 atom stereocenters.